The van der Waals surface area contributed by atoms with Crippen LogP contribution in [0.5, 0.6) is 11.5 Å². The van der Waals surface area contributed by atoms with Crippen LogP contribution in [0.15, 0.2) is 170 Å². The smallest absolute Gasteiger partial charge is 0.148 e. The van der Waals surface area contributed by atoms with Crippen molar-refractivity contribution in [3.63, 3.8) is 0 Å². The van der Waals surface area contributed by atoms with E-state index in [1.54, 1.807) is 0 Å². The van der Waals surface area contributed by atoms with Gasteiger partial charge in [0, 0.05) is 11.8 Å². The Balaban J connectivity index is 1.26. The molecule has 6 rings (SSSR count). The molecule has 46 heavy (non-hydrogen) atoms. The molecule has 0 aliphatic rings. The quantitative estimate of drug-likeness (QED) is 0.125. The van der Waals surface area contributed by atoms with Gasteiger partial charge in [0.05, 0.1) is 0 Å². The van der Waals surface area contributed by atoms with E-state index in [1.807, 2.05) is 121 Å². The van der Waals surface area contributed by atoms with Gasteiger partial charge in [-0.15, -0.1) is 0 Å². The summed E-state index contributed by atoms with van der Waals surface area (Å²) in [6.45, 7) is 0.994. The Bertz CT molecular complexity index is 1630. The minimum atomic E-state index is -0.326. The maximum Gasteiger partial charge on any atom is 0.148 e. The van der Waals surface area contributed by atoms with Gasteiger partial charge in [0.25, 0.3) is 0 Å². The second-order valence-electron chi connectivity index (χ2n) is 11.6. The van der Waals surface area contributed by atoms with Crippen molar-refractivity contribution >= 4 is 5.78 Å². The predicted molar refractivity (Wildman–Crippen MR) is 185 cm³/mol. The van der Waals surface area contributed by atoms with E-state index in [4.69, 9.17) is 9.47 Å². The highest BCUT2D eigenvalue weighted by Gasteiger charge is 2.30. The number of hydrogen-bond acceptors (Lipinski definition) is 3. The van der Waals surface area contributed by atoms with Crippen LogP contribution in [0.3, 0.4) is 0 Å². The van der Waals surface area contributed by atoms with Crippen molar-refractivity contribution < 1.29 is 14.3 Å². The molecule has 0 aliphatic heterocycles. The average molecular weight is 603 g/mol. The summed E-state index contributed by atoms with van der Waals surface area (Å²) in [5.74, 6) is 1.11. The van der Waals surface area contributed by atoms with Crippen LogP contribution in [0.1, 0.15) is 45.2 Å². The van der Waals surface area contributed by atoms with E-state index in [9.17, 15) is 4.79 Å². The third-order valence-corrected chi connectivity index (χ3v) is 8.31. The van der Waals surface area contributed by atoms with Gasteiger partial charge in [0.1, 0.15) is 30.5 Å². The summed E-state index contributed by atoms with van der Waals surface area (Å²) in [4.78, 5) is 14.8. The summed E-state index contributed by atoms with van der Waals surface area (Å²) in [6.07, 6.45) is 1.24. The Morgan fingerprint density at radius 2 is 0.696 bits per heavy atom. The van der Waals surface area contributed by atoms with Gasteiger partial charge in [0.15, 0.2) is 0 Å². The van der Waals surface area contributed by atoms with Crippen LogP contribution in [0.2, 0.25) is 0 Å². The molecular formula is C43H38O3. The lowest BCUT2D eigenvalue weighted by atomic mass is 9.78. The molecule has 0 N–H and O–H groups in total. The monoisotopic (exact) mass is 602 g/mol. The van der Waals surface area contributed by atoms with Gasteiger partial charge in [-0.2, -0.15) is 0 Å². The van der Waals surface area contributed by atoms with E-state index in [2.05, 4.69) is 48.5 Å². The number of carbonyl (C=O) groups excluding carboxylic acids is 1. The largest absolute Gasteiger partial charge is 0.489 e. The molecule has 6 aromatic carbocycles. The van der Waals surface area contributed by atoms with Crippen LogP contribution in [0, 0.1) is 0 Å². The molecule has 228 valence electrons. The number of ketones is 1. The van der Waals surface area contributed by atoms with E-state index >= 15 is 0 Å². The Morgan fingerprint density at radius 1 is 0.391 bits per heavy atom. The van der Waals surface area contributed by atoms with Crippen molar-refractivity contribution in [3.8, 4) is 11.5 Å². The molecule has 0 radical (unpaired) electrons. The van der Waals surface area contributed by atoms with Gasteiger partial charge in [-0.1, -0.05) is 146 Å². The highest BCUT2D eigenvalue weighted by Crippen LogP contribution is 2.34. The summed E-state index contributed by atoms with van der Waals surface area (Å²) in [7, 11) is 0. The van der Waals surface area contributed by atoms with E-state index in [0.29, 0.717) is 26.1 Å². The maximum atomic E-state index is 14.8. The third-order valence-electron chi connectivity index (χ3n) is 8.31. The van der Waals surface area contributed by atoms with Crippen LogP contribution < -0.4 is 9.47 Å². The summed E-state index contributed by atoms with van der Waals surface area (Å²) >= 11 is 0. The van der Waals surface area contributed by atoms with Crippen molar-refractivity contribution in [1.82, 2.24) is 0 Å². The van der Waals surface area contributed by atoms with Gasteiger partial charge in [-0.05, 0) is 70.5 Å². The second-order valence-corrected chi connectivity index (χ2v) is 11.6. The van der Waals surface area contributed by atoms with Crippen LogP contribution in [0.4, 0.5) is 0 Å². The number of carbonyl (C=O) groups is 1. The predicted octanol–water partition coefficient (Wildman–Crippen LogP) is 9.77. The first kappa shape index (κ1) is 30.6. The molecule has 0 spiro atoms. The number of benzene rings is 6. The van der Waals surface area contributed by atoms with E-state index in [1.165, 1.54) is 0 Å². The molecule has 0 aromatic heterocycles. The number of Topliss-reactive ketones (excluding diaryl/α,β-unsaturated/α-hetero) is 1. The molecule has 0 saturated carbocycles. The van der Waals surface area contributed by atoms with E-state index < -0.39 is 0 Å². The minimum Gasteiger partial charge on any atom is -0.489 e. The first-order valence-corrected chi connectivity index (χ1v) is 15.9. The maximum absolute atomic E-state index is 14.8. The van der Waals surface area contributed by atoms with E-state index in [0.717, 1.165) is 44.9 Å². The van der Waals surface area contributed by atoms with Crippen molar-refractivity contribution in [3.05, 3.63) is 203 Å². The number of hydrogen-bond donors (Lipinski definition) is 0. The lowest BCUT2D eigenvalue weighted by Crippen LogP contribution is -2.24. The van der Waals surface area contributed by atoms with Gasteiger partial charge in [-0.25, -0.2) is 0 Å². The second kappa shape index (κ2) is 15.5. The number of rotatable bonds is 14. The number of ether oxygens (including phenoxy) is 2. The Labute approximate surface area is 272 Å². The summed E-state index contributed by atoms with van der Waals surface area (Å²) in [5.41, 5.74) is 6.47. The van der Waals surface area contributed by atoms with Gasteiger partial charge >= 0.3 is 0 Å². The van der Waals surface area contributed by atoms with Crippen molar-refractivity contribution in [1.29, 1.82) is 0 Å². The third kappa shape index (κ3) is 8.40. The molecule has 0 bridgehead atoms. The molecule has 2 unspecified atom stereocenters. The van der Waals surface area contributed by atoms with Gasteiger partial charge in [0.2, 0.25) is 0 Å². The minimum absolute atomic E-state index is 0.198. The molecule has 0 heterocycles. The summed E-state index contributed by atoms with van der Waals surface area (Å²) in [6, 6.07) is 56.9. The Hall–Kier alpha value is -5.41. The fourth-order valence-electron chi connectivity index (χ4n) is 5.78. The molecule has 0 aliphatic carbocycles. The van der Waals surface area contributed by atoms with Crippen molar-refractivity contribution in [2.75, 3.05) is 0 Å². The van der Waals surface area contributed by atoms with Crippen LogP contribution in [-0.2, 0) is 30.8 Å². The summed E-state index contributed by atoms with van der Waals surface area (Å²) in [5, 5.41) is 0. The average Bonchev–Trinajstić information content (AvgIpc) is 3.13. The molecule has 6 aromatic rings. The first-order valence-electron chi connectivity index (χ1n) is 15.9. The standard InChI is InChI=1S/C43H38O3/c44-43(41(29-33-13-5-1-6-14-33)37-21-25-39(26-22-37)45-31-35-17-9-3-10-18-35)42(30-34-15-7-2-8-16-34)38-23-27-40(28-24-38)46-32-36-19-11-4-12-20-36/h1-28,41-42H,29-32H2. The molecule has 2 atom stereocenters. The van der Waals surface area contributed by atoms with Crippen LogP contribution in [-0.4, -0.2) is 5.78 Å². The van der Waals surface area contributed by atoms with Gasteiger partial charge in [-0.3, -0.25) is 4.79 Å². The normalized spacial score (nSPS) is 12.2. The Kier molecular flexibility index (Phi) is 10.3. The zero-order valence-electron chi connectivity index (χ0n) is 25.9. The van der Waals surface area contributed by atoms with Crippen molar-refractivity contribution in [2.45, 2.75) is 37.9 Å². The Morgan fingerprint density at radius 3 is 1.02 bits per heavy atom. The van der Waals surface area contributed by atoms with E-state index in [-0.39, 0.29) is 17.6 Å². The molecular weight excluding hydrogens is 564 g/mol. The molecule has 0 amide bonds. The molecule has 3 heteroatoms. The zero-order valence-corrected chi connectivity index (χ0v) is 25.9. The zero-order chi connectivity index (χ0) is 31.4. The summed E-state index contributed by atoms with van der Waals surface area (Å²) < 4.78 is 12.1. The fourth-order valence-corrected chi connectivity index (χ4v) is 5.78. The van der Waals surface area contributed by atoms with Crippen molar-refractivity contribution in [2.24, 2.45) is 0 Å². The first-order chi connectivity index (χ1) is 22.7. The highest BCUT2D eigenvalue weighted by molar-refractivity contribution is 5.92. The van der Waals surface area contributed by atoms with Crippen LogP contribution in [0.25, 0.3) is 0 Å². The SMILES string of the molecule is O=C(C(Cc1ccccc1)c1ccc(OCc2ccccc2)cc1)C(Cc1ccccc1)c1ccc(OCc2ccccc2)cc1. The molecule has 0 saturated heterocycles. The molecule has 0 fully saturated rings. The molecule has 3 nitrogen and oxygen atoms in total. The van der Waals surface area contributed by atoms with Crippen LogP contribution >= 0.6 is 0 Å². The fraction of sp³-hybridized carbons (Fsp3) is 0.140. The lowest BCUT2D eigenvalue weighted by molar-refractivity contribution is -0.122. The highest BCUT2D eigenvalue weighted by atomic mass is 16.5. The topological polar surface area (TPSA) is 35.5 Å². The lowest BCUT2D eigenvalue weighted by Gasteiger charge is -2.24. The van der Waals surface area contributed by atoms with Gasteiger partial charge < -0.3 is 9.47 Å².